The van der Waals surface area contributed by atoms with Crippen molar-refractivity contribution < 1.29 is 9.53 Å². The Morgan fingerprint density at radius 2 is 1.91 bits per heavy atom. The minimum absolute atomic E-state index is 0.217. The molecule has 0 aromatic heterocycles. The van der Waals surface area contributed by atoms with Crippen molar-refractivity contribution in [3.8, 4) is 6.07 Å². The van der Waals surface area contributed by atoms with Crippen LogP contribution in [0, 0.1) is 11.3 Å². The summed E-state index contributed by atoms with van der Waals surface area (Å²) < 4.78 is 5.31. The Kier molecular flexibility index (Phi) is 6.05. The Morgan fingerprint density at radius 3 is 2.64 bits per heavy atom. The molecule has 2 aromatic carbocycles. The summed E-state index contributed by atoms with van der Waals surface area (Å²) in [6, 6.07) is 19.2. The van der Waals surface area contributed by atoms with Gasteiger partial charge in [0.2, 0.25) is 0 Å². The molecule has 0 bridgehead atoms. The van der Waals surface area contributed by atoms with E-state index in [1.165, 1.54) is 11.8 Å². The Morgan fingerprint density at radius 1 is 1.18 bits per heavy atom. The van der Waals surface area contributed by atoms with Crippen LogP contribution >= 0.6 is 11.8 Å². The molecule has 2 rings (SSSR count). The fourth-order valence-electron chi connectivity index (χ4n) is 1.87. The molecule has 0 aliphatic rings. The minimum Gasteiger partial charge on any atom is -0.460 e. The number of esters is 1. The Balaban J connectivity index is 1.80. The molecule has 0 amide bonds. The average molecular weight is 311 g/mol. The highest BCUT2D eigenvalue weighted by Gasteiger charge is 2.15. The van der Waals surface area contributed by atoms with Crippen LogP contribution in [0.3, 0.4) is 0 Å². The number of benzene rings is 2. The first-order valence-corrected chi connectivity index (χ1v) is 8.05. The lowest BCUT2D eigenvalue weighted by Gasteiger charge is -2.11. The monoisotopic (exact) mass is 311 g/mol. The first-order valence-electron chi connectivity index (χ1n) is 7.00. The van der Waals surface area contributed by atoms with E-state index in [-0.39, 0.29) is 11.2 Å². The third-order valence-corrected chi connectivity index (χ3v) is 4.30. The van der Waals surface area contributed by atoms with E-state index < -0.39 is 0 Å². The third kappa shape index (κ3) is 4.94. The maximum atomic E-state index is 12.0. The molecule has 2 aromatic rings. The summed E-state index contributed by atoms with van der Waals surface area (Å²) in [5.41, 5.74) is 2.65. The van der Waals surface area contributed by atoms with Crippen LogP contribution in [-0.2, 0) is 21.9 Å². The van der Waals surface area contributed by atoms with Crippen molar-refractivity contribution in [3.63, 3.8) is 0 Å². The van der Waals surface area contributed by atoms with Gasteiger partial charge in [-0.15, -0.1) is 11.8 Å². The van der Waals surface area contributed by atoms with E-state index in [0.29, 0.717) is 17.9 Å². The van der Waals surface area contributed by atoms with Crippen molar-refractivity contribution >= 4 is 17.7 Å². The highest BCUT2D eigenvalue weighted by atomic mass is 32.2. The van der Waals surface area contributed by atoms with Gasteiger partial charge < -0.3 is 4.74 Å². The number of rotatable bonds is 6. The predicted octanol–water partition coefficient (Wildman–Crippen LogP) is 3.92. The SMILES string of the molecule is CC(SCc1cccc(C#N)c1)C(=O)OCc1ccccc1. The van der Waals surface area contributed by atoms with E-state index in [4.69, 9.17) is 10.00 Å². The largest absolute Gasteiger partial charge is 0.460 e. The van der Waals surface area contributed by atoms with E-state index in [1.807, 2.05) is 55.5 Å². The number of ether oxygens (including phenoxy) is 1. The maximum absolute atomic E-state index is 12.0. The molecule has 0 heterocycles. The maximum Gasteiger partial charge on any atom is 0.319 e. The highest BCUT2D eigenvalue weighted by Crippen LogP contribution is 2.19. The van der Waals surface area contributed by atoms with Crippen LogP contribution in [0.5, 0.6) is 0 Å². The zero-order valence-electron chi connectivity index (χ0n) is 12.4. The van der Waals surface area contributed by atoms with Crippen LogP contribution in [-0.4, -0.2) is 11.2 Å². The molecule has 3 nitrogen and oxygen atoms in total. The second kappa shape index (κ2) is 8.26. The smallest absolute Gasteiger partial charge is 0.319 e. The summed E-state index contributed by atoms with van der Waals surface area (Å²) in [4.78, 5) is 12.0. The van der Waals surface area contributed by atoms with Crippen LogP contribution in [0.4, 0.5) is 0 Å². The van der Waals surface area contributed by atoms with Crippen LogP contribution in [0.1, 0.15) is 23.6 Å². The van der Waals surface area contributed by atoms with Crippen molar-refractivity contribution in [1.82, 2.24) is 0 Å². The van der Waals surface area contributed by atoms with Gasteiger partial charge in [0.05, 0.1) is 16.9 Å². The van der Waals surface area contributed by atoms with Crippen molar-refractivity contribution in [1.29, 1.82) is 5.26 Å². The van der Waals surface area contributed by atoms with E-state index in [2.05, 4.69) is 6.07 Å². The molecular weight excluding hydrogens is 294 g/mol. The van der Waals surface area contributed by atoms with Gasteiger partial charge in [0.25, 0.3) is 0 Å². The number of carbonyl (C=O) groups is 1. The molecule has 0 N–H and O–H groups in total. The zero-order valence-corrected chi connectivity index (χ0v) is 13.2. The van der Waals surface area contributed by atoms with Crippen molar-refractivity contribution in [2.75, 3.05) is 0 Å². The summed E-state index contributed by atoms with van der Waals surface area (Å²) in [6.45, 7) is 2.14. The van der Waals surface area contributed by atoms with Gasteiger partial charge in [-0.3, -0.25) is 4.79 Å². The molecular formula is C18H17NO2S. The normalized spacial score (nSPS) is 11.5. The molecule has 0 spiro atoms. The van der Waals surface area contributed by atoms with E-state index >= 15 is 0 Å². The second-order valence-corrected chi connectivity index (χ2v) is 6.19. The summed E-state index contributed by atoms with van der Waals surface area (Å²) in [6.07, 6.45) is 0. The first-order chi connectivity index (χ1) is 10.7. The molecule has 1 atom stereocenters. The average Bonchev–Trinajstić information content (AvgIpc) is 2.58. The number of nitrogens with zero attached hydrogens (tertiary/aromatic N) is 1. The molecule has 112 valence electrons. The molecule has 4 heteroatoms. The number of thioether (sulfide) groups is 1. The summed E-state index contributed by atoms with van der Waals surface area (Å²) >= 11 is 1.51. The molecule has 0 aliphatic heterocycles. The van der Waals surface area contributed by atoms with Crippen molar-refractivity contribution in [3.05, 3.63) is 71.3 Å². The number of hydrogen-bond donors (Lipinski definition) is 0. The van der Waals surface area contributed by atoms with E-state index in [9.17, 15) is 4.79 Å². The van der Waals surface area contributed by atoms with E-state index in [1.54, 1.807) is 6.07 Å². The van der Waals surface area contributed by atoms with Gasteiger partial charge in [-0.25, -0.2) is 0 Å². The predicted molar refractivity (Wildman–Crippen MR) is 88.2 cm³/mol. The van der Waals surface area contributed by atoms with E-state index in [0.717, 1.165) is 11.1 Å². The van der Waals surface area contributed by atoms with Crippen molar-refractivity contribution in [2.45, 2.75) is 24.5 Å². The lowest BCUT2D eigenvalue weighted by atomic mass is 10.2. The van der Waals surface area contributed by atoms with Gasteiger partial charge in [0.15, 0.2) is 0 Å². The van der Waals surface area contributed by atoms with Crippen LogP contribution < -0.4 is 0 Å². The van der Waals surface area contributed by atoms with Gasteiger partial charge in [-0.1, -0.05) is 42.5 Å². The standard InChI is InChI=1S/C18H17NO2S/c1-14(18(20)21-12-15-6-3-2-4-7-15)22-13-17-9-5-8-16(10-17)11-19/h2-10,14H,12-13H2,1H3. The number of nitriles is 1. The molecule has 0 saturated carbocycles. The molecule has 1 unspecified atom stereocenters. The fraction of sp³-hybridized carbons (Fsp3) is 0.222. The molecule has 0 fully saturated rings. The van der Waals surface area contributed by atoms with Gasteiger partial charge in [-0.2, -0.15) is 5.26 Å². The highest BCUT2D eigenvalue weighted by molar-refractivity contribution is 7.99. The summed E-state index contributed by atoms with van der Waals surface area (Å²) in [5.74, 6) is 0.460. The second-order valence-electron chi connectivity index (χ2n) is 4.86. The zero-order chi connectivity index (χ0) is 15.8. The van der Waals surface area contributed by atoms with Gasteiger partial charge in [0.1, 0.15) is 6.61 Å². The Bertz CT molecular complexity index is 664. The van der Waals surface area contributed by atoms with Crippen LogP contribution in [0.25, 0.3) is 0 Å². The van der Waals surface area contributed by atoms with Gasteiger partial charge in [-0.05, 0) is 30.2 Å². The third-order valence-electron chi connectivity index (χ3n) is 3.11. The van der Waals surface area contributed by atoms with Gasteiger partial charge >= 0.3 is 5.97 Å². The number of hydrogen-bond acceptors (Lipinski definition) is 4. The molecule has 0 radical (unpaired) electrons. The minimum atomic E-state index is -0.241. The topological polar surface area (TPSA) is 50.1 Å². The molecule has 0 aliphatic carbocycles. The Labute approximate surface area is 134 Å². The number of carbonyl (C=O) groups excluding carboxylic acids is 1. The van der Waals surface area contributed by atoms with Crippen LogP contribution in [0.2, 0.25) is 0 Å². The first kappa shape index (κ1) is 16.1. The Hall–Kier alpha value is -2.25. The summed E-state index contributed by atoms with van der Waals surface area (Å²) in [7, 11) is 0. The lowest BCUT2D eigenvalue weighted by molar-refractivity contribution is -0.143. The quantitative estimate of drug-likeness (QED) is 0.759. The van der Waals surface area contributed by atoms with Gasteiger partial charge in [0, 0.05) is 5.75 Å². The fourth-order valence-corrected chi connectivity index (χ4v) is 2.69. The van der Waals surface area contributed by atoms with Crippen molar-refractivity contribution in [2.24, 2.45) is 0 Å². The molecule has 0 saturated heterocycles. The summed E-state index contributed by atoms with van der Waals surface area (Å²) in [5, 5.41) is 8.63. The lowest BCUT2D eigenvalue weighted by Crippen LogP contribution is -2.17. The molecule has 22 heavy (non-hydrogen) atoms. The van der Waals surface area contributed by atoms with Crippen LogP contribution in [0.15, 0.2) is 54.6 Å².